The number of amides is 1. The molecule has 3 rings (SSSR count). The molecule has 0 saturated carbocycles. The average molecular weight is 384 g/mol. The minimum Gasteiger partial charge on any atom is -0.374 e. The van der Waals surface area contributed by atoms with E-state index in [0.717, 1.165) is 26.0 Å². The Kier molecular flexibility index (Phi) is 5.36. The number of aromatic nitrogens is 3. The van der Waals surface area contributed by atoms with E-state index in [2.05, 4.69) is 27.4 Å². The normalized spacial score (nSPS) is 11.0. The summed E-state index contributed by atoms with van der Waals surface area (Å²) in [5.41, 5.74) is 7.24. The molecule has 6 nitrogen and oxygen atoms in total. The van der Waals surface area contributed by atoms with Gasteiger partial charge in [0.1, 0.15) is 0 Å². The molecule has 2 aromatic heterocycles. The van der Waals surface area contributed by atoms with Crippen LogP contribution in [0, 0.1) is 0 Å². The lowest BCUT2D eigenvalue weighted by molar-refractivity contribution is -0.113. The molecular weight excluding hydrogens is 370 g/mol. The monoisotopic (exact) mass is 383 g/mol. The molecule has 0 fully saturated rings. The summed E-state index contributed by atoms with van der Waals surface area (Å²) in [5.74, 6) is 1.18. The topological polar surface area (TPSA) is 93.8 Å². The zero-order valence-corrected chi connectivity index (χ0v) is 15.4. The van der Waals surface area contributed by atoms with Crippen molar-refractivity contribution in [2.24, 2.45) is 0 Å². The quantitative estimate of drug-likeness (QED) is 0.628. The summed E-state index contributed by atoms with van der Waals surface area (Å²) in [7, 11) is 0. The maximum Gasteiger partial charge on any atom is 0.234 e. The van der Waals surface area contributed by atoms with Gasteiger partial charge in [0, 0.05) is 5.69 Å². The molecule has 0 unspecified atom stereocenters. The van der Waals surface area contributed by atoms with Gasteiger partial charge in [0.15, 0.2) is 8.68 Å². The van der Waals surface area contributed by atoms with E-state index in [0.29, 0.717) is 9.47 Å². The van der Waals surface area contributed by atoms with Crippen LogP contribution in [0.4, 0.5) is 10.8 Å². The maximum absolute atomic E-state index is 12.0. The molecule has 0 aliphatic heterocycles. The fraction of sp³-hybridized carbons (Fsp3) is 0.231. The van der Waals surface area contributed by atoms with Gasteiger partial charge in [-0.3, -0.25) is 4.79 Å². The number of nitrogens with zero attached hydrogens (tertiary/aromatic N) is 3. The summed E-state index contributed by atoms with van der Waals surface area (Å²) in [6.07, 6.45) is 0. The summed E-state index contributed by atoms with van der Waals surface area (Å²) < 4.78 is 2.82. The second-order valence-electron chi connectivity index (χ2n) is 4.34. The lowest BCUT2D eigenvalue weighted by atomic mass is 10.3. The number of carbonyl (C=O) groups is 1. The molecule has 3 N–H and O–H groups in total. The Labute approximate surface area is 149 Å². The minimum absolute atomic E-state index is 0.0872. The molecule has 3 aromatic rings. The van der Waals surface area contributed by atoms with Crippen LogP contribution in [0.5, 0.6) is 0 Å². The van der Waals surface area contributed by atoms with Gasteiger partial charge in [-0.15, -0.1) is 21.5 Å². The van der Waals surface area contributed by atoms with Gasteiger partial charge >= 0.3 is 0 Å². The number of carbonyl (C=O) groups excluding carboxylic acids is 1. The van der Waals surface area contributed by atoms with Crippen LogP contribution in [-0.2, 0) is 4.79 Å². The third-order valence-corrected chi connectivity index (χ3v) is 6.60. The van der Waals surface area contributed by atoms with Crippen molar-refractivity contribution in [1.82, 2.24) is 15.2 Å². The number of hydrogen-bond donors (Lipinski definition) is 2. The van der Waals surface area contributed by atoms with Crippen molar-refractivity contribution in [3.8, 4) is 0 Å². The number of rotatable bonds is 6. The summed E-state index contributed by atoms with van der Waals surface area (Å²) in [4.78, 5) is 16.6. The predicted molar refractivity (Wildman–Crippen MR) is 99.7 cm³/mol. The zero-order chi connectivity index (χ0) is 16.2. The van der Waals surface area contributed by atoms with Crippen molar-refractivity contribution in [3.05, 3.63) is 18.2 Å². The minimum atomic E-state index is -0.0872. The van der Waals surface area contributed by atoms with E-state index < -0.39 is 0 Å². The smallest absolute Gasteiger partial charge is 0.234 e. The standard InChI is InChI=1S/C13H13N5OS4/c1-2-20-12-16-8-4-3-7(5-9(8)22-12)15-10(19)6-21-13-18-17-11(14)23-13/h3-5H,2,6H2,1H3,(H2,14,17)(H,15,19). The summed E-state index contributed by atoms with van der Waals surface area (Å²) in [5, 5.41) is 10.9. The first-order valence-corrected chi connectivity index (χ1v) is 10.3. The summed E-state index contributed by atoms with van der Waals surface area (Å²) in [6.45, 7) is 2.10. The van der Waals surface area contributed by atoms with E-state index >= 15 is 0 Å². The number of fused-ring (bicyclic) bond motifs is 1. The lowest BCUT2D eigenvalue weighted by Gasteiger charge is -2.03. The molecule has 0 radical (unpaired) electrons. The SMILES string of the molecule is CCSc1nc2ccc(NC(=O)CSc3nnc(N)s3)cc2s1. The van der Waals surface area contributed by atoms with Crippen LogP contribution >= 0.6 is 46.2 Å². The van der Waals surface area contributed by atoms with Crippen molar-refractivity contribution >= 4 is 73.1 Å². The predicted octanol–water partition coefficient (Wildman–Crippen LogP) is 3.57. The highest BCUT2D eigenvalue weighted by Gasteiger charge is 2.09. The highest BCUT2D eigenvalue weighted by Crippen LogP contribution is 2.31. The lowest BCUT2D eigenvalue weighted by Crippen LogP contribution is -2.13. The molecule has 10 heteroatoms. The van der Waals surface area contributed by atoms with Crippen LogP contribution in [-0.4, -0.2) is 32.6 Å². The molecule has 120 valence electrons. The van der Waals surface area contributed by atoms with Crippen molar-refractivity contribution in [2.45, 2.75) is 15.6 Å². The molecule has 1 aromatic carbocycles. The number of benzene rings is 1. The number of thiazole rings is 1. The van der Waals surface area contributed by atoms with Crippen molar-refractivity contribution in [1.29, 1.82) is 0 Å². The van der Waals surface area contributed by atoms with Gasteiger partial charge in [0.2, 0.25) is 11.0 Å². The Morgan fingerprint density at radius 2 is 2.13 bits per heavy atom. The molecule has 0 aliphatic carbocycles. The van der Waals surface area contributed by atoms with Crippen molar-refractivity contribution < 1.29 is 4.79 Å². The number of hydrogen-bond acceptors (Lipinski definition) is 9. The van der Waals surface area contributed by atoms with Crippen molar-refractivity contribution in [2.75, 3.05) is 22.6 Å². The van der Waals surface area contributed by atoms with E-state index in [-0.39, 0.29) is 11.7 Å². The van der Waals surface area contributed by atoms with Crippen molar-refractivity contribution in [3.63, 3.8) is 0 Å². The van der Waals surface area contributed by atoms with E-state index in [9.17, 15) is 4.79 Å². The Balaban J connectivity index is 1.62. The number of nitrogen functional groups attached to an aromatic ring is 1. The third-order valence-electron chi connectivity index (χ3n) is 2.67. The largest absolute Gasteiger partial charge is 0.374 e. The average Bonchev–Trinajstić information content (AvgIpc) is 3.11. The molecule has 0 bridgehead atoms. The van der Waals surface area contributed by atoms with Crippen LogP contribution in [0.25, 0.3) is 10.2 Å². The van der Waals surface area contributed by atoms with E-state index in [1.165, 1.54) is 23.1 Å². The second-order valence-corrected chi connectivity index (χ2v) is 9.11. The number of thioether (sulfide) groups is 2. The molecule has 0 spiro atoms. The second kappa shape index (κ2) is 7.47. The van der Waals surface area contributed by atoms with Crippen LogP contribution in [0.1, 0.15) is 6.92 Å². The first-order valence-electron chi connectivity index (χ1n) is 6.69. The van der Waals surface area contributed by atoms with Gasteiger partial charge in [-0.05, 0) is 24.0 Å². The summed E-state index contributed by atoms with van der Waals surface area (Å²) in [6, 6.07) is 5.76. The molecule has 0 saturated heterocycles. The first-order chi connectivity index (χ1) is 11.1. The Hall–Kier alpha value is -1.36. The van der Waals surface area contributed by atoms with Gasteiger partial charge in [-0.1, -0.05) is 41.8 Å². The first kappa shape index (κ1) is 16.5. The summed E-state index contributed by atoms with van der Waals surface area (Å²) >= 11 is 5.96. The Morgan fingerprint density at radius 3 is 2.87 bits per heavy atom. The molecule has 0 aliphatic rings. The van der Waals surface area contributed by atoms with E-state index in [1.807, 2.05) is 18.2 Å². The van der Waals surface area contributed by atoms with Gasteiger partial charge in [0.05, 0.1) is 16.0 Å². The number of nitrogens with two attached hydrogens (primary N) is 1. The zero-order valence-electron chi connectivity index (χ0n) is 12.1. The fourth-order valence-corrected chi connectivity index (χ4v) is 5.21. The van der Waals surface area contributed by atoms with Crippen LogP contribution in [0.2, 0.25) is 0 Å². The van der Waals surface area contributed by atoms with Gasteiger partial charge in [-0.2, -0.15) is 0 Å². The molecular formula is C13H13N5OS4. The Morgan fingerprint density at radius 1 is 1.26 bits per heavy atom. The van der Waals surface area contributed by atoms with E-state index in [4.69, 9.17) is 5.73 Å². The highest BCUT2D eigenvalue weighted by atomic mass is 32.2. The van der Waals surface area contributed by atoms with E-state index in [1.54, 1.807) is 23.1 Å². The maximum atomic E-state index is 12.0. The van der Waals surface area contributed by atoms with Gasteiger partial charge < -0.3 is 11.1 Å². The molecule has 0 atom stereocenters. The van der Waals surface area contributed by atoms with Crippen LogP contribution in [0.3, 0.4) is 0 Å². The Bertz CT molecular complexity index is 831. The highest BCUT2D eigenvalue weighted by molar-refractivity contribution is 8.01. The number of anilines is 2. The van der Waals surface area contributed by atoms with Gasteiger partial charge in [0.25, 0.3) is 0 Å². The molecule has 1 amide bonds. The third kappa shape index (κ3) is 4.34. The van der Waals surface area contributed by atoms with Crippen LogP contribution < -0.4 is 11.1 Å². The molecule has 23 heavy (non-hydrogen) atoms. The fourth-order valence-electron chi connectivity index (χ4n) is 1.77. The number of nitrogens with one attached hydrogen (secondary N) is 1. The van der Waals surface area contributed by atoms with Gasteiger partial charge in [-0.25, -0.2) is 4.98 Å². The molecule has 2 heterocycles. The van der Waals surface area contributed by atoms with Crippen LogP contribution in [0.15, 0.2) is 26.9 Å².